The molecular weight excluding hydrogens is 180 g/mol. The highest BCUT2D eigenvalue weighted by molar-refractivity contribution is 6.12. The number of ether oxygens (including phenoxy) is 2. The molecule has 0 aromatic heterocycles. The lowest BCUT2D eigenvalue weighted by Gasteiger charge is -2.25. The Labute approximate surface area is 86.1 Å². The number of hydrogen-bond acceptors (Lipinski definition) is 2. The van der Waals surface area contributed by atoms with Gasteiger partial charge in [-0.15, -0.1) is 0 Å². The molecule has 2 bridgehead atoms. The summed E-state index contributed by atoms with van der Waals surface area (Å²) in [5, 5.41) is 0. The summed E-state index contributed by atoms with van der Waals surface area (Å²) >= 11 is 0. The zero-order chi connectivity index (χ0) is 11.3. The topological polar surface area (TPSA) is 21.8 Å². The molecule has 1 heterocycles. The summed E-state index contributed by atoms with van der Waals surface area (Å²) in [6, 6.07) is 0. The maximum absolute atomic E-state index is 7.64. The zero-order valence-electron chi connectivity index (χ0n) is 10.7. The minimum atomic E-state index is -3.17. The molecule has 13 heavy (non-hydrogen) atoms. The molecule has 1 saturated heterocycles. The Bertz CT molecular complexity index is 280. The second-order valence-electron chi connectivity index (χ2n) is 4.66. The van der Waals surface area contributed by atoms with Crippen molar-refractivity contribution < 1.29 is 9.47 Å². The number of rotatable bonds is 4. The Morgan fingerprint density at radius 2 is 2.31 bits per heavy atom. The third kappa shape index (κ3) is 1.58. The molecule has 5 atom stereocenters. The molecular formula is C10H18O2Si. The van der Waals surface area contributed by atoms with Gasteiger partial charge in [-0.1, -0.05) is 5.54 Å². The molecule has 5 unspecified atom stereocenters. The number of fused-ring (bicyclic) bond motifs is 2. The molecule has 3 rings (SSSR count). The maximum atomic E-state index is 7.64. The highest BCUT2D eigenvalue weighted by atomic mass is 28.1. The van der Waals surface area contributed by atoms with Gasteiger partial charge in [0.05, 0.1) is 19.3 Å². The monoisotopic (exact) mass is 204 g/mol. The van der Waals surface area contributed by atoms with Crippen molar-refractivity contribution in [3.63, 3.8) is 0 Å². The summed E-state index contributed by atoms with van der Waals surface area (Å²) in [6.07, 6.45) is 3.61. The van der Waals surface area contributed by atoms with Crippen molar-refractivity contribution in [2.24, 2.45) is 11.8 Å². The highest BCUT2D eigenvalue weighted by Gasteiger charge is 2.44. The van der Waals surface area contributed by atoms with E-state index >= 15 is 0 Å². The van der Waals surface area contributed by atoms with E-state index in [-0.39, 0.29) is 5.54 Å². The smallest absolute Gasteiger partial charge is 0.104 e. The van der Waals surface area contributed by atoms with Gasteiger partial charge in [0, 0.05) is 13.7 Å². The van der Waals surface area contributed by atoms with Crippen molar-refractivity contribution in [1.82, 2.24) is 0 Å². The summed E-state index contributed by atoms with van der Waals surface area (Å²) in [5.41, 5.74) is 0.0644. The van der Waals surface area contributed by atoms with E-state index in [1.54, 1.807) is 0 Å². The predicted octanol–water partition coefficient (Wildman–Crippen LogP) is 0.354. The fourth-order valence-electron chi connectivity index (χ4n) is 2.82. The minimum Gasteiger partial charge on any atom is -0.375 e. The van der Waals surface area contributed by atoms with Crippen molar-refractivity contribution in [2.45, 2.75) is 37.0 Å². The van der Waals surface area contributed by atoms with Crippen molar-refractivity contribution in [3.05, 3.63) is 0 Å². The maximum Gasteiger partial charge on any atom is 0.104 e. The van der Waals surface area contributed by atoms with E-state index in [1.165, 1.54) is 0 Å². The molecule has 0 aromatic carbocycles. The van der Waals surface area contributed by atoms with Crippen LogP contribution in [0.2, 0.25) is 5.54 Å². The van der Waals surface area contributed by atoms with E-state index in [9.17, 15) is 0 Å². The van der Waals surface area contributed by atoms with Crippen LogP contribution in [0, 0.1) is 11.8 Å². The summed E-state index contributed by atoms with van der Waals surface area (Å²) < 4.78 is 33.9. The van der Waals surface area contributed by atoms with E-state index in [0.29, 0.717) is 30.7 Å². The zero-order valence-corrected chi connectivity index (χ0v) is 8.74. The normalized spacial score (nSPS) is 57.2. The van der Waals surface area contributed by atoms with Gasteiger partial charge in [-0.05, 0) is 31.1 Å². The Morgan fingerprint density at radius 3 is 2.92 bits per heavy atom. The summed E-state index contributed by atoms with van der Waals surface area (Å²) in [6.45, 7) is 1.55. The van der Waals surface area contributed by atoms with Crippen LogP contribution < -0.4 is 0 Å². The van der Waals surface area contributed by atoms with Gasteiger partial charge in [-0.2, -0.15) is 0 Å². The van der Waals surface area contributed by atoms with Gasteiger partial charge in [-0.3, -0.25) is 0 Å². The fraction of sp³-hybridized carbons (Fsp3) is 1.00. The average molecular weight is 204 g/mol. The lowest BCUT2D eigenvalue weighted by molar-refractivity contribution is 0.00885. The molecule has 0 spiro atoms. The molecule has 74 valence electrons. The van der Waals surface area contributed by atoms with Gasteiger partial charge in [-0.25, -0.2) is 0 Å². The van der Waals surface area contributed by atoms with Crippen LogP contribution in [0.1, 0.15) is 19.3 Å². The first-order valence-corrected chi connectivity index (χ1v) is 5.85. The first-order chi connectivity index (χ1) is 7.54. The van der Waals surface area contributed by atoms with Crippen molar-refractivity contribution in [1.29, 1.82) is 3.70 Å². The molecule has 3 fully saturated rings. The average Bonchev–Trinajstić information content (AvgIpc) is 2.81. The fourth-order valence-corrected chi connectivity index (χ4v) is 3.40. The van der Waals surface area contributed by atoms with Gasteiger partial charge in [0.1, 0.15) is 6.10 Å². The standard InChI is InChI=1S/C10H18O2Si/c13-10-3-6-1-7(10)2-9(6)12-5-8-4-11-8/h6-10H,1-5H2,13H3/i13T3. The van der Waals surface area contributed by atoms with E-state index in [1.807, 2.05) is 0 Å². The SMILES string of the molecule is [3H][Si]([3H])([3H])C1CC2CC1CC2OCC1CO1. The lowest BCUT2D eigenvalue weighted by Crippen LogP contribution is -2.24. The van der Waals surface area contributed by atoms with E-state index < -0.39 is 10.0 Å². The van der Waals surface area contributed by atoms with Crippen molar-refractivity contribution in [2.75, 3.05) is 13.2 Å². The summed E-state index contributed by atoms with van der Waals surface area (Å²) in [4.78, 5) is 0. The van der Waals surface area contributed by atoms with Crippen LogP contribution in [-0.2, 0) is 9.47 Å². The van der Waals surface area contributed by atoms with Crippen LogP contribution >= 0.6 is 0 Å². The first kappa shape index (κ1) is 5.88. The van der Waals surface area contributed by atoms with E-state index in [2.05, 4.69) is 0 Å². The third-order valence-electron chi connectivity index (χ3n) is 3.69. The van der Waals surface area contributed by atoms with Crippen LogP contribution in [0.25, 0.3) is 0 Å². The highest BCUT2D eigenvalue weighted by Crippen LogP contribution is 2.51. The molecule has 2 nitrogen and oxygen atoms in total. The molecule has 1 aliphatic heterocycles. The van der Waals surface area contributed by atoms with Gasteiger partial charge in [0.25, 0.3) is 0 Å². The lowest BCUT2D eigenvalue weighted by atomic mass is 9.97. The summed E-state index contributed by atoms with van der Waals surface area (Å²) in [5.74, 6) is 0.941. The van der Waals surface area contributed by atoms with Crippen molar-refractivity contribution in [3.8, 4) is 0 Å². The molecule has 3 aliphatic rings. The van der Waals surface area contributed by atoms with Gasteiger partial charge >= 0.3 is 0 Å². The summed E-state index contributed by atoms with van der Waals surface area (Å²) in [7, 11) is -3.17. The molecule has 0 amide bonds. The van der Waals surface area contributed by atoms with Crippen LogP contribution in [0.5, 0.6) is 0 Å². The quantitative estimate of drug-likeness (QED) is 0.487. The number of hydrogen-bond donors (Lipinski definition) is 0. The number of epoxide rings is 1. The second-order valence-corrected chi connectivity index (χ2v) is 5.40. The van der Waals surface area contributed by atoms with E-state index in [4.69, 9.17) is 13.2 Å². The predicted molar refractivity (Wildman–Crippen MR) is 54.0 cm³/mol. The van der Waals surface area contributed by atoms with Gasteiger partial charge in [0.2, 0.25) is 0 Å². The molecule has 0 radical (unpaired) electrons. The van der Waals surface area contributed by atoms with Gasteiger partial charge in [0.15, 0.2) is 0 Å². The molecule has 2 aliphatic carbocycles. The molecule has 0 N–H and O–H groups in total. The molecule has 0 aromatic rings. The second kappa shape index (κ2) is 3.07. The Morgan fingerprint density at radius 1 is 1.38 bits per heavy atom. The Balaban J connectivity index is 1.53. The molecule has 3 heteroatoms. The van der Waals surface area contributed by atoms with Crippen molar-refractivity contribution >= 4 is 10.0 Å². The van der Waals surface area contributed by atoms with Crippen LogP contribution in [0.3, 0.4) is 0 Å². The van der Waals surface area contributed by atoms with Crippen LogP contribution in [0.4, 0.5) is 0 Å². The Hall–Kier alpha value is 0.137. The minimum absolute atomic E-state index is 0.0644. The van der Waals surface area contributed by atoms with Crippen LogP contribution in [-0.4, -0.2) is 39.2 Å². The third-order valence-corrected chi connectivity index (χ3v) is 4.40. The molecule has 2 saturated carbocycles. The van der Waals surface area contributed by atoms with Gasteiger partial charge < -0.3 is 9.47 Å². The van der Waals surface area contributed by atoms with Crippen LogP contribution in [0.15, 0.2) is 0 Å². The Kier molecular flexibility index (Phi) is 1.39. The first-order valence-electron chi connectivity index (χ1n) is 6.77. The largest absolute Gasteiger partial charge is 0.375 e. The van der Waals surface area contributed by atoms with E-state index in [0.717, 1.165) is 25.9 Å².